The van der Waals surface area contributed by atoms with Crippen molar-refractivity contribution in [1.82, 2.24) is 0 Å². The molecule has 0 spiro atoms. The van der Waals surface area contributed by atoms with Gasteiger partial charge in [-0.2, -0.15) is 0 Å². The SMILES string of the molecule is O=C(O)c1c(F)ccc(S(=O)(=O)CC2CCC2)c1F. The first-order valence-electron chi connectivity index (χ1n) is 5.77. The summed E-state index contributed by atoms with van der Waals surface area (Å²) in [4.78, 5) is 10.00. The smallest absolute Gasteiger partial charge is 0.341 e. The Morgan fingerprint density at radius 3 is 2.42 bits per heavy atom. The molecule has 0 radical (unpaired) electrons. The van der Waals surface area contributed by atoms with E-state index in [0.717, 1.165) is 25.3 Å². The Labute approximate surface area is 109 Å². The van der Waals surface area contributed by atoms with Crippen molar-refractivity contribution in [2.75, 3.05) is 5.75 Å². The van der Waals surface area contributed by atoms with Crippen molar-refractivity contribution in [2.45, 2.75) is 24.2 Å². The predicted octanol–water partition coefficient (Wildman–Crippen LogP) is 2.24. The molecule has 0 saturated heterocycles. The monoisotopic (exact) mass is 290 g/mol. The number of aromatic carboxylic acids is 1. The summed E-state index contributed by atoms with van der Waals surface area (Å²) < 4.78 is 51.0. The zero-order valence-electron chi connectivity index (χ0n) is 9.90. The molecular weight excluding hydrogens is 278 g/mol. The molecule has 1 fully saturated rings. The number of carbonyl (C=O) groups is 1. The lowest BCUT2D eigenvalue weighted by atomic mass is 9.87. The molecule has 0 unspecified atom stereocenters. The van der Waals surface area contributed by atoms with Crippen LogP contribution < -0.4 is 0 Å². The minimum atomic E-state index is -3.93. The van der Waals surface area contributed by atoms with E-state index in [9.17, 15) is 22.0 Å². The van der Waals surface area contributed by atoms with Gasteiger partial charge in [0, 0.05) is 0 Å². The maximum atomic E-state index is 13.9. The van der Waals surface area contributed by atoms with Gasteiger partial charge in [-0.05, 0) is 30.9 Å². The third kappa shape index (κ3) is 2.60. The maximum absolute atomic E-state index is 13.9. The molecule has 4 nitrogen and oxygen atoms in total. The van der Waals surface area contributed by atoms with Gasteiger partial charge in [0.1, 0.15) is 16.3 Å². The number of carboxylic acids is 1. The van der Waals surface area contributed by atoms with Crippen LogP contribution in [0.5, 0.6) is 0 Å². The minimum Gasteiger partial charge on any atom is -0.477 e. The Morgan fingerprint density at radius 2 is 1.95 bits per heavy atom. The Hall–Kier alpha value is -1.50. The van der Waals surface area contributed by atoms with Crippen LogP contribution in [0.25, 0.3) is 0 Å². The normalized spacial score (nSPS) is 16.1. The largest absolute Gasteiger partial charge is 0.477 e. The topological polar surface area (TPSA) is 71.4 Å². The van der Waals surface area contributed by atoms with Crippen LogP contribution in [0.15, 0.2) is 17.0 Å². The molecule has 0 aliphatic heterocycles. The van der Waals surface area contributed by atoms with Crippen molar-refractivity contribution in [3.63, 3.8) is 0 Å². The fourth-order valence-corrected chi connectivity index (χ4v) is 3.81. The van der Waals surface area contributed by atoms with Crippen molar-refractivity contribution < 1.29 is 27.1 Å². The second kappa shape index (κ2) is 4.88. The number of hydrogen-bond donors (Lipinski definition) is 1. The van der Waals surface area contributed by atoms with E-state index in [-0.39, 0.29) is 11.7 Å². The van der Waals surface area contributed by atoms with Crippen LogP contribution in [0.2, 0.25) is 0 Å². The Bertz CT molecular complexity index is 621. The summed E-state index contributed by atoms with van der Waals surface area (Å²) in [6.07, 6.45) is 2.45. The van der Waals surface area contributed by atoms with E-state index >= 15 is 0 Å². The van der Waals surface area contributed by atoms with Gasteiger partial charge in [-0.1, -0.05) is 6.42 Å². The molecule has 0 atom stereocenters. The van der Waals surface area contributed by atoms with E-state index in [2.05, 4.69) is 0 Å². The molecule has 7 heteroatoms. The van der Waals surface area contributed by atoms with Crippen molar-refractivity contribution in [1.29, 1.82) is 0 Å². The zero-order valence-corrected chi connectivity index (χ0v) is 10.7. The molecule has 1 N–H and O–H groups in total. The summed E-state index contributed by atoms with van der Waals surface area (Å²) in [6.45, 7) is 0. The van der Waals surface area contributed by atoms with Crippen LogP contribution in [-0.4, -0.2) is 25.2 Å². The molecule has 0 amide bonds. The average molecular weight is 290 g/mol. The van der Waals surface area contributed by atoms with Gasteiger partial charge < -0.3 is 5.11 Å². The van der Waals surface area contributed by atoms with E-state index in [1.165, 1.54) is 0 Å². The van der Waals surface area contributed by atoms with E-state index in [1.54, 1.807) is 0 Å². The van der Waals surface area contributed by atoms with Crippen molar-refractivity contribution in [3.05, 3.63) is 29.3 Å². The number of sulfone groups is 1. The van der Waals surface area contributed by atoms with Crippen molar-refractivity contribution >= 4 is 15.8 Å². The molecule has 1 aliphatic carbocycles. The summed E-state index contributed by atoms with van der Waals surface area (Å²) >= 11 is 0. The molecule has 2 rings (SSSR count). The number of carboxylic acid groups (broad SMARTS) is 1. The first-order chi connectivity index (χ1) is 8.83. The van der Waals surface area contributed by atoms with Gasteiger partial charge in [0.15, 0.2) is 15.7 Å². The first-order valence-corrected chi connectivity index (χ1v) is 7.42. The van der Waals surface area contributed by atoms with Gasteiger partial charge in [-0.3, -0.25) is 0 Å². The summed E-state index contributed by atoms with van der Waals surface area (Å²) in [7, 11) is -3.93. The lowest BCUT2D eigenvalue weighted by Gasteiger charge is -2.25. The fraction of sp³-hybridized carbons (Fsp3) is 0.417. The standard InChI is InChI=1S/C12H12F2O4S/c13-8-4-5-9(11(14)10(8)12(15)16)19(17,18)6-7-2-1-3-7/h4-5,7H,1-3,6H2,(H,15,16). The summed E-state index contributed by atoms with van der Waals surface area (Å²) in [5.74, 6) is -4.88. The lowest BCUT2D eigenvalue weighted by molar-refractivity contribution is 0.0685. The lowest BCUT2D eigenvalue weighted by Crippen LogP contribution is -2.23. The maximum Gasteiger partial charge on any atom is 0.341 e. The number of benzene rings is 1. The van der Waals surface area contributed by atoms with Crippen molar-refractivity contribution in [2.24, 2.45) is 5.92 Å². The average Bonchev–Trinajstić information content (AvgIpc) is 2.23. The van der Waals surface area contributed by atoms with Gasteiger partial charge in [0.25, 0.3) is 0 Å². The number of halogens is 2. The van der Waals surface area contributed by atoms with E-state index in [4.69, 9.17) is 5.11 Å². The van der Waals surface area contributed by atoms with Gasteiger partial charge in [0.05, 0.1) is 5.75 Å². The van der Waals surface area contributed by atoms with Gasteiger partial charge in [0.2, 0.25) is 0 Å². The van der Waals surface area contributed by atoms with Crippen LogP contribution in [-0.2, 0) is 9.84 Å². The van der Waals surface area contributed by atoms with Gasteiger partial charge >= 0.3 is 5.97 Å². The Morgan fingerprint density at radius 1 is 1.32 bits per heavy atom. The second-order valence-corrected chi connectivity index (χ2v) is 6.62. The molecule has 0 bridgehead atoms. The van der Waals surface area contributed by atoms with Crippen molar-refractivity contribution in [3.8, 4) is 0 Å². The third-order valence-electron chi connectivity index (χ3n) is 3.28. The predicted molar refractivity (Wildman–Crippen MR) is 62.7 cm³/mol. The molecule has 1 saturated carbocycles. The van der Waals surface area contributed by atoms with Gasteiger partial charge in [-0.15, -0.1) is 0 Å². The highest BCUT2D eigenvalue weighted by molar-refractivity contribution is 7.91. The molecular formula is C12H12F2O4S. The number of rotatable bonds is 4. The Balaban J connectivity index is 2.44. The van der Waals surface area contributed by atoms with Crippen LogP contribution in [0, 0.1) is 17.6 Å². The fourth-order valence-electron chi connectivity index (χ4n) is 2.03. The van der Waals surface area contributed by atoms with Gasteiger partial charge in [-0.25, -0.2) is 22.0 Å². The highest BCUT2D eigenvalue weighted by atomic mass is 32.2. The molecule has 19 heavy (non-hydrogen) atoms. The molecule has 0 heterocycles. The van der Waals surface area contributed by atoms with E-state index in [1.807, 2.05) is 0 Å². The molecule has 0 aromatic heterocycles. The third-order valence-corrected chi connectivity index (χ3v) is 5.18. The van der Waals surface area contributed by atoms with Crippen LogP contribution in [0.1, 0.15) is 29.6 Å². The summed E-state index contributed by atoms with van der Waals surface area (Å²) in [6, 6.07) is 1.45. The zero-order chi connectivity index (χ0) is 14.2. The second-order valence-electron chi connectivity index (χ2n) is 4.62. The molecule has 1 aliphatic rings. The molecule has 1 aromatic rings. The van der Waals surface area contributed by atoms with E-state index in [0.29, 0.717) is 6.07 Å². The molecule has 1 aromatic carbocycles. The summed E-state index contributed by atoms with van der Waals surface area (Å²) in [5, 5.41) is 8.70. The molecule has 104 valence electrons. The first kappa shape index (κ1) is 13.9. The quantitative estimate of drug-likeness (QED) is 0.863. The minimum absolute atomic E-state index is 0.0252. The van der Waals surface area contributed by atoms with Crippen LogP contribution in [0.3, 0.4) is 0 Å². The Kier molecular flexibility index (Phi) is 3.58. The summed E-state index contributed by atoms with van der Waals surface area (Å²) in [5.41, 5.74) is -1.23. The highest BCUT2D eigenvalue weighted by Gasteiger charge is 2.30. The number of hydrogen-bond acceptors (Lipinski definition) is 3. The van der Waals surface area contributed by atoms with E-state index < -0.39 is 37.9 Å². The highest BCUT2D eigenvalue weighted by Crippen LogP contribution is 2.31. The van der Waals surface area contributed by atoms with Crippen LogP contribution in [0.4, 0.5) is 8.78 Å². The van der Waals surface area contributed by atoms with Crippen LogP contribution >= 0.6 is 0 Å².